The average molecular weight is 291 g/mol. The minimum atomic E-state index is 0.151. The van der Waals surface area contributed by atoms with E-state index >= 15 is 0 Å². The number of likely N-dealkylation sites (N-methyl/N-ethyl adjacent to an activating group) is 1. The van der Waals surface area contributed by atoms with Crippen LogP contribution in [0.3, 0.4) is 0 Å². The van der Waals surface area contributed by atoms with Crippen LogP contribution in [0, 0.1) is 0 Å². The average Bonchev–Trinajstić information content (AvgIpc) is 2.48. The molecule has 0 bridgehead atoms. The molecule has 0 radical (unpaired) electrons. The molecule has 1 aromatic heterocycles. The van der Waals surface area contributed by atoms with Gasteiger partial charge in [0.05, 0.1) is 11.6 Å². The van der Waals surface area contributed by atoms with E-state index in [0.717, 1.165) is 23.3 Å². The molecular weight excluding hydrogens is 272 g/mol. The van der Waals surface area contributed by atoms with Crippen molar-refractivity contribution in [2.45, 2.75) is 19.4 Å². The molecule has 4 heteroatoms. The molecule has 2 rings (SSSR count). The third kappa shape index (κ3) is 3.50. The fraction of sp³-hybridized carbons (Fsp3) is 0.312. The number of halogens is 1. The minimum absolute atomic E-state index is 0.151. The largest absolute Gasteiger partial charge is 0.494 e. The molecule has 1 heterocycles. The maximum absolute atomic E-state index is 6.19. The third-order valence-electron chi connectivity index (χ3n) is 3.22. The highest BCUT2D eigenvalue weighted by atomic mass is 35.5. The summed E-state index contributed by atoms with van der Waals surface area (Å²) < 4.78 is 5.70. The molecule has 0 saturated carbocycles. The quantitative estimate of drug-likeness (QED) is 0.882. The van der Waals surface area contributed by atoms with Gasteiger partial charge in [0.15, 0.2) is 0 Å². The zero-order valence-electron chi connectivity index (χ0n) is 11.8. The van der Waals surface area contributed by atoms with Crippen LogP contribution in [0.15, 0.2) is 42.7 Å². The van der Waals surface area contributed by atoms with E-state index < -0.39 is 0 Å². The SMILES string of the molecule is CCOc1ccccc1C(Cc1ccncc1Cl)NC. The Morgan fingerprint density at radius 2 is 2.10 bits per heavy atom. The zero-order chi connectivity index (χ0) is 14.4. The summed E-state index contributed by atoms with van der Waals surface area (Å²) in [5, 5.41) is 4.03. The second kappa shape index (κ2) is 7.27. The topological polar surface area (TPSA) is 34.1 Å². The Kier molecular flexibility index (Phi) is 5.39. The monoisotopic (exact) mass is 290 g/mol. The van der Waals surface area contributed by atoms with E-state index in [0.29, 0.717) is 11.6 Å². The minimum Gasteiger partial charge on any atom is -0.494 e. The van der Waals surface area contributed by atoms with E-state index in [1.54, 1.807) is 12.4 Å². The van der Waals surface area contributed by atoms with Gasteiger partial charge in [-0.05, 0) is 38.1 Å². The predicted molar refractivity (Wildman–Crippen MR) is 82.4 cm³/mol. The highest BCUT2D eigenvalue weighted by molar-refractivity contribution is 6.31. The van der Waals surface area contributed by atoms with Gasteiger partial charge in [-0.15, -0.1) is 0 Å². The molecule has 106 valence electrons. The van der Waals surface area contributed by atoms with E-state index in [4.69, 9.17) is 16.3 Å². The van der Waals surface area contributed by atoms with Gasteiger partial charge in [0, 0.05) is 24.0 Å². The lowest BCUT2D eigenvalue weighted by atomic mass is 9.98. The lowest BCUT2D eigenvalue weighted by Crippen LogP contribution is -2.20. The number of hydrogen-bond acceptors (Lipinski definition) is 3. The molecule has 0 spiro atoms. The summed E-state index contributed by atoms with van der Waals surface area (Å²) in [6.45, 7) is 2.65. The number of ether oxygens (including phenoxy) is 1. The molecule has 1 aromatic carbocycles. The van der Waals surface area contributed by atoms with E-state index in [2.05, 4.69) is 16.4 Å². The highest BCUT2D eigenvalue weighted by Gasteiger charge is 2.16. The summed E-state index contributed by atoms with van der Waals surface area (Å²) in [6.07, 6.45) is 4.24. The van der Waals surface area contributed by atoms with Crippen molar-refractivity contribution in [3.8, 4) is 5.75 Å². The second-order valence-electron chi connectivity index (χ2n) is 4.48. The molecule has 0 saturated heterocycles. The summed E-state index contributed by atoms with van der Waals surface area (Å²) >= 11 is 6.19. The van der Waals surface area contributed by atoms with E-state index in [1.807, 2.05) is 38.2 Å². The van der Waals surface area contributed by atoms with Gasteiger partial charge < -0.3 is 10.1 Å². The van der Waals surface area contributed by atoms with E-state index in [-0.39, 0.29) is 6.04 Å². The van der Waals surface area contributed by atoms with Crippen LogP contribution in [0.4, 0.5) is 0 Å². The smallest absolute Gasteiger partial charge is 0.124 e. The standard InChI is InChI=1S/C16H19ClN2O/c1-3-20-16-7-5-4-6-13(16)15(18-2)10-12-8-9-19-11-14(12)17/h4-9,11,15,18H,3,10H2,1-2H3. The molecule has 0 aliphatic rings. The Balaban J connectivity index is 2.27. The Bertz CT molecular complexity index is 560. The van der Waals surface area contributed by atoms with Crippen molar-refractivity contribution in [2.24, 2.45) is 0 Å². The summed E-state index contributed by atoms with van der Waals surface area (Å²) in [5.74, 6) is 0.916. The molecule has 0 aliphatic carbocycles. The first-order chi connectivity index (χ1) is 9.76. The van der Waals surface area contributed by atoms with Crippen LogP contribution in [0.25, 0.3) is 0 Å². The van der Waals surface area contributed by atoms with Crippen LogP contribution < -0.4 is 10.1 Å². The molecule has 1 atom stereocenters. The van der Waals surface area contributed by atoms with Crippen LogP contribution in [0.1, 0.15) is 24.1 Å². The first kappa shape index (κ1) is 14.8. The van der Waals surface area contributed by atoms with Crippen molar-refractivity contribution in [3.05, 3.63) is 58.9 Å². The molecule has 20 heavy (non-hydrogen) atoms. The Morgan fingerprint density at radius 1 is 1.30 bits per heavy atom. The maximum Gasteiger partial charge on any atom is 0.124 e. The Hall–Kier alpha value is -1.58. The van der Waals surface area contributed by atoms with Crippen LogP contribution in [0.5, 0.6) is 5.75 Å². The summed E-state index contributed by atoms with van der Waals surface area (Å²) in [6, 6.07) is 10.2. The van der Waals surface area contributed by atoms with Gasteiger partial charge in [0.2, 0.25) is 0 Å². The molecule has 3 nitrogen and oxygen atoms in total. The number of rotatable bonds is 6. The van der Waals surface area contributed by atoms with E-state index in [1.165, 1.54) is 0 Å². The second-order valence-corrected chi connectivity index (χ2v) is 4.89. The van der Waals surface area contributed by atoms with Crippen LogP contribution in [-0.2, 0) is 6.42 Å². The highest BCUT2D eigenvalue weighted by Crippen LogP contribution is 2.29. The molecule has 0 aliphatic heterocycles. The van der Waals surface area contributed by atoms with Crippen molar-refractivity contribution in [1.82, 2.24) is 10.3 Å². The van der Waals surface area contributed by atoms with Gasteiger partial charge >= 0.3 is 0 Å². The molecule has 2 aromatic rings. The van der Waals surface area contributed by atoms with Crippen molar-refractivity contribution in [2.75, 3.05) is 13.7 Å². The summed E-state index contributed by atoms with van der Waals surface area (Å²) in [5.41, 5.74) is 2.22. The number of benzene rings is 1. The summed E-state index contributed by atoms with van der Waals surface area (Å²) in [7, 11) is 1.95. The molecular formula is C16H19ClN2O. The van der Waals surface area contributed by atoms with Crippen molar-refractivity contribution in [3.63, 3.8) is 0 Å². The normalized spacial score (nSPS) is 12.2. The van der Waals surface area contributed by atoms with Crippen LogP contribution >= 0.6 is 11.6 Å². The van der Waals surface area contributed by atoms with Gasteiger partial charge in [-0.2, -0.15) is 0 Å². The molecule has 0 amide bonds. The zero-order valence-corrected chi connectivity index (χ0v) is 12.5. The third-order valence-corrected chi connectivity index (χ3v) is 3.56. The van der Waals surface area contributed by atoms with Crippen LogP contribution in [0.2, 0.25) is 5.02 Å². The van der Waals surface area contributed by atoms with Gasteiger partial charge in [-0.3, -0.25) is 4.98 Å². The van der Waals surface area contributed by atoms with Crippen molar-refractivity contribution < 1.29 is 4.74 Å². The Morgan fingerprint density at radius 3 is 2.80 bits per heavy atom. The number of aromatic nitrogens is 1. The number of pyridine rings is 1. The molecule has 1 unspecified atom stereocenters. The predicted octanol–water partition coefficient (Wildman–Crippen LogP) is 3.64. The van der Waals surface area contributed by atoms with Crippen LogP contribution in [-0.4, -0.2) is 18.6 Å². The lowest BCUT2D eigenvalue weighted by molar-refractivity contribution is 0.332. The van der Waals surface area contributed by atoms with Crippen molar-refractivity contribution in [1.29, 1.82) is 0 Å². The first-order valence-electron chi connectivity index (χ1n) is 6.73. The number of nitrogens with zero attached hydrogens (tertiary/aromatic N) is 1. The number of para-hydroxylation sites is 1. The van der Waals surface area contributed by atoms with Crippen molar-refractivity contribution >= 4 is 11.6 Å². The number of nitrogens with one attached hydrogen (secondary N) is 1. The maximum atomic E-state index is 6.19. The fourth-order valence-corrected chi connectivity index (χ4v) is 2.41. The van der Waals surface area contributed by atoms with Gasteiger partial charge in [0.25, 0.3) is 0 Å². The molecule has 0 fully saturated rings. The fourth-order valence-electron chi connectivity index (χ4n) is 2.21. The van der Waals surface area contributed by atoms with Gasteiger partial charge in [-0.25, -0.2) is 0 Å². The first-order valence-corrected chi connectivity index (χ1v) is 7.11. The molecule has 1 N–H and O–H groups in total. The lowest BCUT2D eigenvalue weighted by Gasteiger charge is -2.20. The summed E-state index contributed by atoms with van der Waals surface area (Å²) in [4.78, 5) is 4.02. The van der Waals surface area contributed by atoms with E-state index in [9.17, 15) is 0 Å². The van der Waals surface area contributed by atoms with Gasteiger partial charge in [0.1, 0.15) is 5.75 Å². The Labute approximate surface area is 124 Å². The number of hydrogen-bond donors (Lipinski definition) is 1. The van der Waals surface area contributed by atoms with Gasteiger partial charge in [-0.1, -0.05) is 29.8 Å².